The largest absolute Gasteiger partial charge is 0.491 e. The number of aryl methyl sites for hydroxylation is 1. The highest BCUT2D eigenvalue weighted by atomic mass is 19.1. The Balaban J connectivity index is 1.68. The summed E-state index contributed by atoms with van der Waals surface area (Å²) in [5, 5.41) is 0. The van der Waals surface area contributed by atoms with E-state index in [-0.39, 0.29) is 17.6 Å². The summed E-state index contributed by atoms with van der Waals surface area (Å²) >= 11 is 0. The van der Waals surface area contributed by atoms with Gasteiger partial charge in [0.25, 0.3) is 0 Å². The predicted molar refractivity (Wildman–Crippen MR) is 126 cm³/mol. The number of hydrogen-bond donors (Lipinski definition) is 0. The SMILES string of the molecule is CC(=O)C(C)(CCCc1ccc(F)c(Oc2ccccc2)c1)c1ccc(OC(C)C)cc1. The lowest BCUT2D eigenvalue weighted by Crippen LogP contribution is -2.30. The molecule has 168 valence electrons. The lowest BCUT2D eigenvalue weighted by atomic mass is 9.75. The van der Waals surface area contributed by atoms with Crippen molar-refractivity contribution in [1.82, 2.24) is 0 Å². The van der Waals surface area contributed by atoms with Crippen molar-refractivity contribution in [3.63, 3.8) is 0 Å². The Hall–Kier alpha value is -3.14. The minimum Gasteiger partial charge on any atom is -0.491 e. The minimum atomic E-state index is -0.584. The summed E-state index contributed by atoms with van der Waals surface area (Å²) < 4.78 is 25.6. The molecule has 0 fully saturated rings. The molecule has 0 heterocycles. The fourth-order valence-electron chi connectivity index (χ4n) is 3.74. The number of hydrogen-bond acceptors (Lipinski definition) is 3. The number of para-hydroxylation sites is 1. The van der Waals surface area contributed by atoms with E-state index in [4.69, 9.17) is 9.47 Å². The van der Waals surface area contributed by atoms with Crippen LogP contribution in [-0.2, 0) is 16.6 Å². The van der Waals surface area contributed by atoms with E-state index in [1.165, 1.54) is 6.07 Å². The van der Waals surface area contributed by atoms with Gasteiger partial charge in [0.15, 0.2) is 11.6 Å². The summed E-state index contributed by atoms with van der Waals surface area (Å²) in [6.45, 7) is 7.60. The van der Waals surface area contributed by atoms with E-state index in [0.29, 0.717) is 12.2 Å². The molecule has 0 aromatic heterocycles. The summed E-state index contributed by atoms with van der Waals surface area (Å²) in [6, 6.07) is 21.9. The van der Waals surface area contributed by atoms with Gasteiger partial charge in [0.1, 0.15) is 17.3 Å². The molecule has 0 bridgehead atoms. The Morgan fingerprint density at radius 1 is 0.969 bits per heavy atom. The van der Waals surface area contributed by atoms with Crippen molar-refractivity contribution in [2.45, 2.75) is 58.5 Å². The number of rotatable bonds is 10. The van der Waals surface area contributed by atoms with Crippen LogP contribution in [0.4, 0.5) is 4.39 Å². The molecule has 1 atom stereocenters. The summed E-state index contributed by atoms with van der Waals surface area (Å²) in [7, 11) is 0. The summed E-state index contributed by atoms with van der Waals surface area (Å²) in [5.74, 6) is 1.34. The minimum absolute atomic E-state index is 0.103. The zero-order valence-electron chi connectivity index (χ0n) is 19.2. The van der Waals surface area contributed by atoms with Crippen LogP contribution in [0.15, 0.2) is 72.8 Å². The molecule has 0 aliphatic rings. The number of carbonyl (C=O) groups excluding carboxylic acids is 1. The molecule has 0 amide bonds. The van der Waals surface area contributed by atoms with Crippen molar-refractivity contribution in [2.24, 2.45) is 0 Å². The molecule has 0 N–H and O–H groups in total. The smallest absolute Gasteiger partial charge is 0.165 e. The first-order valence-electron chi connectivity index (χ1n) is 11.1. The van der Waals surface area contributed by atoms with Crippen LogP contribution in [0, 0.1) is 5.82 Å². The Morgan fingerprint density at radius 3 is 2.28 bits per heavy atom. The third kappa shape index (κ3) is 5.97. The van der Waals surface area contributed by atoms with Crippen LogP contribution in [-0.4, -0.2) is 11.9 Å². The zero-order valence-corrected chi connectivity index (χ0v) is 19.2. The number of Topliss-reactive ketones (excluding diaryl/α,β-unsaturated/α-hetero) is 1. The summed E-state index contributed by atoms with van der Waals surface area (Å²) in [4.78, 5) is 12.6. The molecule has 1 unspecified atom stereocenters. The van der Waals surface area contributed by atoms with Crippen molar-refractivity contribution < 1.29 is 18.7 Å². The molecule has 3 aromatic rings. The van der Waals surface area contributed by atoms with E-state index in [0.717, 1.165) is 29.7 Å². The molecule has 0 saturated carbocycles. The van der Waals surface area contributed by atoms with Gasteiger partial charge in [-0.25, -0.2) is 4.39 Å². The molecule has 0 aliphatic heterocycles. The molecule has 3 rings (SSSR count). The molecular weight excluding hydrogens is 403 g/mol. The van der Waals surface area contributed by atoms with Crippen molar-refractivity contribution in [1.29, 1.82) is 0 Å². The van der Waals surface area contributed by atoms with E-state index in [1.54, 1.807) is 31.2 Å². The zero-order chi connectivity index (χ0) is 23.1. The summed E-state index contributed by atoms with van der Waals surface area (Å²) in [5.41, 5.74) is 1.37. The number of halogens is 1. The molecule has 0 saturated heterocycles. The van der Waals surface area contributed by atoms with E-state index >= 15 is 0 Å². The highest BCUT2D eigenvalue weighted by Crippen LogP contribution is 2.33. The van der Waals surface area contributed by atoms with Crippen LogP contribution in [0.5, 0.6) is 17.2 Å². The first-order chi connectivity index (χ1) is 15.3. The maximum atomic E-state index is 14.2. The number of ether oxygens (including phenoxy) is 2. The number of benzene rings is 3. The van der Waals surface area contributed by atoms with Crippen molar-refractivity contribution in [3.8, 4) is 17.2 Å². The van der Waals surface area contributed by atoms with Gasteiger partial charge in [0.2, 0.25) is 0 Å². The van der Waals surface area contributed by atoms with E-state index in [9.17, 15) is 9.18 Å². The Labute approximate surface area is 190 Å². The van der Waals surface area contributed by atoms with Gasteiger partial charge in [0, 0.05) is 0 Å². The summed E-state index contributed by atoms with van der Waals surface area (Å²) in [6.07, 6.45) is 2.31. The fourth-order valence-corrected chi connectivity index (χ4v) is 3.74. The van der Waals surface area contributed by atoms with Crippen molar-refractivity contribution >= 4 is 5.78 Å². The molecule has 3 nitrogen and oxygen atoms in total. The Morgan fingerprint density at radius 2 is 1.66 bits per heavy atom. The second-order valence-corrected chi connectivity index (χ2v) is 8.61. The lowest BCUT2D eigenvalue weighted by Gasteiger charge is -2.28. The van der Waals surface area contributed by atoms with Gasteiger partial charge in [-0.2, -0.15) is 0 Å². The first kappa shape index (κ1) is 23.5. The maximum Gasteiger partial charge on any atom is 0.165 e. The van der Waals surface area contributed by atoms with Gasteiger partial charge in [-0.15, -0.1) is 0 Å². The molecule has 3 aromatic carbocycles. The fraction of sp³-hybridized carbons (Fsp3) is 0.321. The van der Waals surface area contributed by atoms with Gasteiger partial charge < -0.3 is 9.47 Å². The van der Waals surface area contributed by atoms with Gasteiger partial charge in [-0.05, 0) is 94.5 Å². The van der Waals surface area contributed by atoms with Crippen molar-refractivity contribution in [3.05, 3.63) is 89.7 Å². The van der Waals surface area contributed by atoms with Crippen LogP contribution in [0.25, 0.3) is 0 Å². The van der Waals surface area contributed by atoms with Crippen LogP contribution in [0.1, 0.15) is 51.7 Å². The van der Waals surface area contributed by atoms with E-state index in [2.05, 4.69) is 0 Å². The van der Waals surface area contributed by atoms with E-state index < -0.39 is 11.2 Å². The van der Waals surface area contributed by atoms with Crippen LogP contribution < -0.4 is 9.47 Å². The van der Waals surface area contributed by atoms with Crippen LogP contribution in [0.3, 0.4) is 0 Å². The Kier molecular flexibility index (Phi) is 7.68. The average molecular weight is 435 g/mol. The third-order valence-corrected chi connectivity index (χ3v) is 5.75. The highest BCUT2D eigenvalue weighted by molar-refractivity contribution is 5.87. The second-order valence-electron chi connectivity index (χ2n) is 8.61. The molecule has 4 heteroatoms. The Bertz CT molecular complexity index is 1030. The average Bonchev–Trinajstić information content (AvgIpc) is 2.76. The van der Waals surface area contributed by atoms with Crippen LogP contribution in [0.2, 0.25) is 0 Å². The second kappa shape index (κ2) is 10.4. The molecule has 0 spiro atoms. The predicted octanol–water partition coefficient (Wildman–Crippen LogP) is 7.27. The third-order valence-electron chi connectivity index (χ3n) is 5.75. The first-order valence-corrected chi connectivity index (χ1v) is 11.1. The van der Waals surface area contributed by atoms with Gasteiger partial charge in [-0.3, -0.25) is 4.79 Å². The van der Waals surface area contributed by atoms with Gasteiger partial charge >= 0.3 is 0 Å². The monoisotopic (exact) mass is 434 g/mol. The number of carbonyl (C=O) groups is 1. The number of ketones is 1. The van der Waals surface area contributed by atoms with Gasteiger partial charge in [-0.1, -0.05) is 36.4 Å². The topological polar surface area (TPSA) is 35.5 Å². The maximum absolute atomic E-state index is 14.2. The quantitative estimate of drug-likeness (QED) is 0.336. The lowest BCUT2D eigenvalue weighted by molar-refractivity contribution is -0.122. The van der Waals surface area contributed by atoms with Crippen LogP contribution >= 0.6 is 0 Å². The van der Waals surface area contributed by atoms with Gasteiger partial charge in [0.05, 0.1) is 11.5 Å². The highest BCUT2D eigenvalue weighted by Gasteiger charge is 2.31. The standard InChI is InChI=1S/C28H31FO3/c1-20(2)31-25-15-13-23(14-16-25)28(4,21(3)30)18-8-9-22-12-17-26(29)27(19-22)32-24-10-6-5-7-11-24/h5-7,10-17,19-20H,8-9,18H2,1-4H3. The molecular formula is C28H31FO3. The van der Waals surface area contributed by atoms with E-state index in [1.807, 2.05) is 63.2 Å². The molecule has 0 aliphatic carbocycles. The molecule has 32 heavy (non-hydrogen) atoms. The normalized spacial score (nSPS) is 12.9. The van der Waals surface area contributed by atoms with Crippen molar-refractivity contribution in [2.75, 3.05) is 0 Å². The molecule has 0 radical (unpaired) electrons.